The van der Waals surface area contributed by atoms with Gasteiger partial charge in [0.2, 0.25) is 0 Å². The van der Waals surface area contributed by atoms with Gasteiger partial charge in [-0.3, -0.25) is 0 Å². The van der Waals surface area contributed by atoms with Gasteiger partial charge in [0.1, 0.15) is 6.61 Å². The van der Waals surface area contributed by atoms with Crippen LogP contribution in [0, 0.1) is 0 Å². The molecule has 0 spiro atoms. The van der Waals surface area contributed by atoms with Crippen LogP contribution in [-0.2, 0) is 11.2 Å². The van der Waals surface area contributed by atoms with Gasteiger partial charge >= 0.3 is 6.09 Å². The summed E-state index contributed by atoms with van der Waals surface area (Å²) < 4.78 is 16.3. The van der Waals surface area contributed by atoms with Crippen LogP contribution < -0.4 is 14.8 Å². The summed E-state index contributed by atoms with van der Waals surface area (Å²) in [6.07, 6.45) is -0.164. The molecule has 1 atom stereocenters. The van der Waals surface area contributed by atoms with Gasteiger partial charge in [0.25, 0.3) is 0 Å². The third-order valence-corrected chi connectivity index (χ3v) is 6.14. The molecule has 0 saturated carbocycles. The number of hydrogen-bond acceptors (Lipinski definition) is 5. The number of aliphatic hydroxyl groups excluding tert-OH is 1. The zero-order valence-corrected chi connectivity index (χ0v) is 19.1. The van der Waals surface area contributed by atoms with E-state index >= 15 is 0 Å². The van der Waals surface area contributed by atoms with Crippen molar-refractivity contribution in [2.24, 2.45) is 0 Å². The number of ether oxygens (including phenoxy) is 3. The fourth-order valence-corrected chi connectivity index (χ4v) is 4.46. The number of nitrogens with one attached hydrogen (secondary N) is 1. The number of benzene rings is 3. The summed E-state index contributed by atoms with van der Waals surface area (Å²) in [6, 6.07) is 21.9. The molecular weight excluding hydrogens is 418 g/mol. The first-order chi connectivity index (χ1) is 16.0. The fourth-order valence-electron chi connectivity index (χ4n) is 4.46. The van der Waals surface area contributed by atoms with Gasteiger partial charge in [-0.1, -0.05) is 54.6 Å². The Bertz CT molecular complexity index is 1100. The van der Waals surface area contributed by atoms with Gasteiger partial charge in [-0.25, -0.2) is 4.79 Å². The Morgan fingerprint density at radius 2 is 1.55 bits per heavy atom. The van der Waals surface area contributed by atoms with Gasteiger partial charge in [-0.15, -0.1) is 0 Å². The quantitative estimate of drug-likeness (QED) is 0.530. The standard InChI is InChI=1S/C27H29NO5/c1-27(17-29,15-18-12-13-24(31-2)25(14-18)32-3)28-26(30)33-16-23-21-10-6-4-8-19(21)20-9-5-7-11-22(20)23/h4-14,23,29H,15-17H2,1-3H3,(H,28,30). The molecule has 0 fully saturated rings. The number of fused-ring (bicyclic) bond motifs is 3. The van der Waals surface area contributed by atoms with Gasteiger partial charge < -0.3 is 24.6 Å². The molecule has 0 aliphatic heterocycles. The molecule has 1 unspecified atom stereocenters. The topological polar surface area (TPSA) is 77.0 Å². The first-order valence-corrected chi connectivity index (χ1v) is 10.9. The average Bonchev–Trinajstić information content (AvgIpc) is 3.16. The maximum absolute atomic E-state index is 12.7. The van der Waals surface area contributed by atoms with Crippen molar-refractivity contribution >= 4 is 6.09 Å². The third kappa shape index (κ3) is 4.66. The first-order valence-electron chi connectivity index (χ1n) is 10.9. The van der Waals surface area contributed by atoms with Crippen LogP contribution >= 0.6 is 0 Å². The lowest BCUT2D eigenvalue weighted by molar-refractivity contribution is 0.114. The van der Waals surface area contributed by atoms with Gasteiger partial charge in [-0.2, -0.15) is 0 Å². The molecule has 3 aromatic rings. The molecule has 0 bridgehead atoms. The Morgan fingerprint density at radius 1 is 0.939 bits per heavy atom. The zero-order chi connectivity index (χ0) is 23.4. The van der Waals surface area contributed by atoms with E-state index < -0.39 is 11.6 Å². The minimum absolute atomic E-state index is 0.0191. The van der Waals surface area contributed by atoms with Gasteiger partial charge in [-0.05, 0) is 53.3 Å². The molecule has 33 heavy (non-hydrogen) atoms. The molecule has 0 saturated heterocycles. The van der Waals surface area contributed by atoms with Gasteiger partial charge in [0.15, 0.2) is 11.5 Å². The van der Waals surface area contributed by atoms with Crippen molar-refractivity contribution in [1.82, 2.24) is 5.32 Å². The minimum atomic E-state index is -0.901. The van der Waals surface area contributed by atoms with Crippen LogP contribution in [0.15, 0.2) is 66.7 Å². The van der Waals surface area contributed by atoms with Crippen LogP contribution in [0.25, 0.3) is 11.1 Å². The number of carbonyl (C=O) groups excluding carboxylic acids is 1. The SMILES string of the molecule is COc1ccc(CC(C)(CO)NC(=O)OCC2c3ccccc3-c3ccccc32)cc1OC. The molecule has 0 heterocycles. The Hall–Kier alpha value is -3.51. The molecule has 172 valence electrons. The highest BCUT2D eigenvalue weighted by Crippen LogP contribution is 2.44. The molecule has 2 N–H and O–H groups in total. The summed E-state index contributed by atoms with van der Waals surface area (Å²) in [6.45, 7) is 1.76. The fraction of sp³-hybridized carbons (Fsp3) is 0.296. The predicted octanol–water partition coefficient (Wildman–Crippen LogP) is 4.54. The van der Waals surface area contributed by atoms with E-state index in [1.54, 1.807) is 27.2 Å². The summed E-state index contributed by atoms with van der Waals surface area (Å²) in [5, 5.41) is 12.9. The lowest BCUT2D eigenvalue weighted by Crippen LogP contribution is -2.51. The average molecular weight is 448 g/mol. The van der Waals surface area contributed by atoms with Crippen LogP contribution in [0.3, 0.4) is 0 Å². The number of aliphatic hydroxyl groups is 1. The minimum Gasteiger partial charge on any atom is -0.493 e. The predicted molar refractivity (Wildman–Crippen MR) is 127 cm³/mol. The van der Waals surface area contributed by atoms with E-state index in [0.717, 1.165) is 16.7 Å². The van der Waals surface area contributed by atoms with Crippen molar-refractivity contribution in [2.75, 3.05) is 27.4 Å². The van der Waals surface area contributed by atoms with Crippen molar-refractivity contribution in [2.45, 2.75) is 24.8 Å². The summed E-state index contributed by atoms with van der Waals surface area (Å²) in [4.78, 5) is 12.7. The van der Waals surface area contributed by atoms with E-state index in [2.05, 4.69) is 29.6 Å². The number of rotatable bonds is 8. The second-order valence-electron chi connectivity index (χ2n) is 8.54. The molecule has 6 heteroatoms. The van der Waals surface area contributed by atoms with E-state index in [1.807, 2.05) is 36.4 Å². The number of alkyl carbamates (subject to hydrolysis) is 1. The van der Waals surface area contributed by atoms with E-state index in [-0.39, 0.29) is 19.1 Å². The smallest absolute Gasteiger partial charge is 0.407 e. The van der Waals surface area contributed by atoms with Crippen LogP contribution in [0.2, 0.25) is 0 Å². The monoisotopic (exact) mass is 447 g/mol. The second-order valence-corrected chi connectivity index (χ2v) is 8.54. The molecule has 6 nitrogen and oxygen atoms in total. The van der Waals surface area contributed by atoms with Crippen LogP contribution in [0.5, 0.6) is 11.5 Å². The number of amides is 1. The number of carbonyl (C=O) groups is 1. The van der Waals surface area contributed by atoms with E-state index in [4.69, 9.17) is 14.2 Å². The highest BCUT2D eigenvalue weighted by Gasteiger charge is 2.31. The molecular formula is C27H29NO5. The Balaban J connectivity index is 1.44. The summed E-state index contributed by atoms with van der Waals surface area (Å²) >= 11 is 0. The molecule has 0 radical (unpaired) electrons. The zero-order valence-electron chi connectivity index (χ0n) is 19.1. The van der Waals surface area contributed by atoms with Crippen molar-refractivity contribution < 1.29 is 24.1 Å². The van der Waals surface area contributed by atoms with Gasteiger partial charge in [0.05, 0.1) is 26.4 Å². The van der Waals surface area contributed by atoms with Crippen molar-refractivity contribution in [3.63, 3.8) is 0 Å². The van der Waals surface area contributed by atoms with Crippen LogP contribution in [0.4, 0.5) is 4.79 Å². The lowest BCUT2D eigenvalue weighted by Gasteiger charge is -2.29. The first kappa shape index (κ1) is 22.7. The Kier molecular flexibility index (Phi) is 6.56. The second kappa shape index (κ2) is 9.55. The normalized spacial score (nSPS) is 14.1. The van der Waals surface area contributed by atoms with E-state index in [1.165, 1.54) is 11.1 Å². The highest BCUT2D eigenvalue weighted by molar-refractivity contribution is 5.79. The lowest BCUT2D eigenvalue weighted by atomic mass is 9.93. The molecule has 1 aliphatic rings. The summed E-state index contributed by atoms with van der Waals surface area (Å²) in [7, 11) is 3.15. The summed E-state index contributed by atoms with van der Waals surface area (Å²) in [5.74, 6) is 1.20. The van der Waals surface area contributed by atoms with Crippen LogP contribution in [0.1, 0.15) is 29.5 Å². The molecule has 4 rings (SSSR count). The van der Waals surface area contributed by atoms with E-state index in [9.17, 15) is 9.90 Å². The van der Waals surface area contributed by atoms with Crippen molar-refractivity contribution in [1.29, 1.82) is 0 Å². The van der Waals surface area contributed by atoms with Crippen molar-refractivity contribution in [3.05, 3.63) is 83.4 Å². The molecule has 3 aromatic carbocycles. The van der Waals surface area contributed by atoms with Crippen LogP contribution in [-0.4, -0.2) is 44.2 Å². The molecule has 1 aliphatic carbocycles. The maximum Gasteiger partial charge on any atom is 0.407 e. The molecule has 1 amide bonds. The van der Waals surface area contributed by atoms with Gasteiger partial charge in [0, 0.05) is 5.92 Å². The van der Waals surface area contributed by atoms with E-state index in [0.29, 0.717) is 17.9 Å². The van der Waals surface area contributed by atoms with Crippen molar-refractivity contribution in [3.8, 4) is 22.6 Å². The molecule has 0 aromatic heterocycles. The Morgan fingerprint density at radius 3 is 2.12 bits per heavy atom. The summed E-state index contributed by atoms with van der Waals surface area (Å²) in [5.41, 5.74) is 4.65. The Labute approximate surface area is 194 Å². The highest BCUT2D eigenvalue weighted by atomic mass is 16.5. The number of methoxy groups -OCH3 is 2. The maximum atomic E-state index is 12.7. The number of hydrogen-bond donors (Lipinski definition) is 2. The third-order valence-electron chi connectivity index (χ3n) is 6.14. The largest absolute Gasteiger partial charge is 0.493 e.